The smallest absolute Gasteiger partial charge is 0.322 e. The number of rotatable bonds is 3. The minimum atomic E-state index is -2.85. The second-order valence-corrected chi connectivity index (χ2v) is 7.57. The summed E-state index contributed by atoms with van der Waals surface area (Å²) in [5.41, 5.74) is 2.87. The number of anilines is 1. The summed E-state index contributed by atoms with van der Waals surface area (Å²) in [7, 11) is 0. The van der Waals surface area contributed by atoms with Crippen molar-refractivity contribution in [3.05, 3.63) is 54.2 Å². The first-order valence-electron chi connectivity index (χ1n) is 9.74. The number of imidazole rings is 1. The molecule has 1 fully saturated rings. The highest BCUT2D eigenvalue weighted by Crippen LogP contribution is 2.29. The number of nitrogens with one attached hydrogen (secondary N) is 1. The van der Waals surface area contributed by atoms with Gasteiger partial charge in [-0.05, 0) is 30.2 Å². The normalized spacial score (nSPS) is 17.9. The zero-order valence-electron chi connectivity index (χ0n) is 16.3. The van der Waals surface area contributed by atoms with Crippen molar-refractivity contribution in [2.45, 2.75) is 12.3 Å². The quantitative estimate of drug-likeness (QED) is 0.687. The Morgan fingerprint density at radius 1 is 1.23 bits per heavy atom. The Balaban J connectivity index is 1.40. The van der Waals surface area contributed by atoms with E-state index in [0.29, 0.717) is 24.7 Å². The first kappa shape index (κ1) is 19.6. The summed E-state index contributed by atoms with van der Waals surface area (Å²) in [5, 5.41) is 2.52. The lowest BCUT2D eigenvalue weighted by Crippen LogP contribution is -2.59. The maximum atomic E-state index is 14.5. The van der Waals surface area contributed by atoms with E-state index in [4.69, 9.17) is 4.74 Å². The molecule has 2 amide bonds. The van der Waals surface area contributed by atoms with E-state index in [1.165, 1.54) is 18.2 Å². The number of urea groups is 1. The molecule has 0 radical (unpaired) electrons. The van der Waals surface area contributed by atoms with Crippen LogP contribution < -0.4 is 5.32 Å². The van der Waals surface area contributed by atoms with Gasteiger partial charge >= 0.3 is 6.03 Å². The molecule has 7 nitrogen and oxygen atoms in total. The third kappa shape index (κ3) is 3.86. The number of hydrogen-bond donors (Lipinski definition) is 1. The molecule has 1 aromatic carbocycles. The van der Waals surface area contributed by atoms with E-state index in [1.54, 1.807) is 16.8 Å². The van der Waals surface area contributed by atoms with E-state index >= 15 is 0 Å². The molecule has 2 aliphatic heterocycles. The van der Waals surface area contributed by atoms with Crippen molar-refractivity contribution in [1.82, 2.24) is 19.3 Å². The minimum Gasteiger partial charge on any atom is -0.377 e. The van der Waals surface area contributed by atoms with Crippen molar-refractivity contribution in [1.29, 1.82) is 0 Å². The molecule has 31 heavy (non-hydrogen) atoms. The van der Waals surface area contributed by atoms with E-state index in [2.05, 4.69) is 15.3 Å². The molecule has 0 unspecified atom stereocenters. The Bertz CT molecular complexity index is 1200. The topological polar surface area (TPSA) is 71.8 Å². The fourth-order valence-corrected chi connectivity index (χ4v) is 3.63. The molecule has 3 aromatic rings. The van der Waals surface area contributed by atoms with E-state index in [9.17, 15) is 18.0 Å². The van der Waals surface area contributed by atoms with Crippen molar-refractivity contribution in [2.24, 2.45) is 0 Å². The Hall–Kier alpha value is -3.40. The number of carbonyl (C=O) groups is 1. The van der Waals surface area contributed by atoms with Gasteiger partial charge in [-0.25, -0.2) is 27.9 Å². The van der Waals surface area contributed by atoms with Crippen LogP contribution in [0, 0.1) is 5.82 Å². The van der Waals surface area contributed by atoms with Crippen LogP contribution in [0.2, 0.25) is 0 Å². The molecular weight excluding hydrogens is 411 g/mol. The van der Waals surface area contributed by atoms with Crippen LogP contribution in [-0.2, 0) is 4.74 Å². The molecule has 0 spiro atoms. The highest BCUT2D eigenvalue weighted by atomic mass is 19.3. The van der Waals surface area contributed by atoms with Crippen molar-refractivity contribution >= 4 is 23.1 Å². The molecule has 2 aliphatic rings. The van der Waals surface area contributed by atoms with Crippen molar-refractivity contribution in [3.8, 4) is 11.3 Å². The molecule has 160 valence electrons. The van der Waals surface area contributed by atoms with Gasteiger partial charge in [-0.1, -0.05) is 6.08 Å². The number of halogens is 3. The first-order chi connectivity index (χ1) is 14.9. The van der Waals surface area contributed by atoms with Crippen LogP contribution in [0.5, 0.6) is 0 Å². The third-order valence-corrected chi connectivity index (χ3v) is 5.27. The fraction of sp³-hybridized carbons (Fsp3) is 0.286. The molecule has 1 saturated heterocycles. The monoisotopic (exact) mass is 429 g/mol. The zero-order valence-corrected chi connectivity index (χ0v) is 16.3. The van der Waals surface area contributed by atoms with Gasteiger partial charge in [0.1, 0.15) is 5.82 Å². The largest absolute Gasteiger partial charge is 0.377 e. The number of carbonyl (C=O) groups excluding carboxylic acids is 1. The summed E-state index contributed by atoms with van der Waals surface area (Å²) in [5.74, 6) is -2.97. The van der Waals surface area contributed by atoms with Crippen LogP contribution in [0.3, 0.4) is 0 Å². The zero-order chi connectivity index (χ0) is 21.6. The summed E-state index contributed by atoms with van der Waals surface area (Å²) in [4.78, 5) is 21.8. The lowest BCUT2D eigenvalue weighted by atomic mass is 10.1. The highest BCUT2D eigenvalue weighted by Gasteiger charge is 2.46. The van der Waals surface area contributed by atoms with Crippen molar-refractivity contribution in [3.63, 3.8) is 0 Å². The van der Waals surface area contributed by atoms with Crippen molar-refractivity contribution in [2.75, 3.05) is 31.6 Å². The Labute approximate surface area is 175 Å². The van der Waals surface area contributed by atoms with Gasteiger partial charge in [0.05, 0.1) is 32.0 Å². The summed E-state index contributed by atoms with van der Waals surface area (Å²) in [6.45, 7) is -0.0506. The number of likely N-dealkylation sites (tertiary alicyclic amines) is 1. The number of nitrogens with zero attached hydrogens (tertiary/aromatic N) is 4. The van der Waals surface area contributed by atoms with E-state index < -0.39 is 30.9 Å². The van der Waals surface area contributed by atoms with Gasteiger partial charge in [0, 0.05) is 35.4 Å². The molecule has 0 aliphatic carbocycles. The molecule has 10 heteroatoms. The molecule has 4 heterocycles. The number of aromatic nitrogens is 3. The average molecular weight is 429 g/mol. The second-order valence-electron chi connectivity index (χ2n) is 7.57. The van der Waals surface area contributed by atoms with Crippen LogP contribution in [0.1, 0.15) is 12.0 Å². The lowest BCUT2D eigenvalue weighted by molar-refractivity contribution is -0.107. The average Bonchev–Trinajstić information content (AvgIpc) is 3.17. The van der Waals surface area contributed by atoms with E-state index in [1.807, 2.05) is 12.3 Å². The lowest BCUT2D eigenvalue weighted by Gasteiger charge is -2.38. The number of fused-ring (bicyclic) bond motifs is 1. The summed E-state index contributed by atoms with van der Waals surface area (Å²) in [6, 6.07) is 3.34. The number of hydrogen-bond acceptors (Lipinski definition) is 4. The molecule has 2 aromatic heterocycles. The number of alkyl halides is 2. The van der Waals surface area contributed by atoms with Crippen LogP contribution >= 0.6 is 0 Å². The van der Waals surface area contributed by atoms with E-state index in [-0.39, 0.29) is 11.3 Å². The molecule has 0 saturated carbocycles. The number of ether oxygens (including phenoxy) is 1. The van der Waals surface area contributed by atoms with Gasteiger partial charge in [-0.3, -0.25) is 4.40 Å². The van der Waals surface area contributed by atoms with Crippen LogP contribution in [0.15, 0.2) is 42.9 Å². The van der Waals surface area contributed by atoms with Gasteiger partial charge in [-0.2, -0.15) is 0 Å². The van der Waals surface area contributed by atoms with Crippen LogP contribution in [0.25, 0.3) is 22.6 Å². The van der Waals surface area contributed by atoms with Gasteiger partial charge < -0.3 is 15.0 Å². The van der Waals surface area contributed by atoms with E-state index in [0.717, 1.165) is 22.5 Å². The molecule has 1 N–H and O–H groups in total. The maximum Gasteiger partial charge on any atom is 0.322 e. The summed E-state index contributed by atoms with van der Waals surface area (Å²) in [6.07, 6.45) is 8.05. The first-order valence-corrected chi connectivity index (χ1v) is 9.74. The van der Waals surface area contributed by atoms with Crippen LogP contribution in [-0.4, -0.2) is 57.5 Å². The maximum absolute atomic E-state index is 14.5. The predicted octanol–water partition coefficient (Wildman–Crippen LogP) is 3.82. The van der Waals surface area contributed by atoms with Gasteiger partial charge in [0.15, 0.2) is 0 Å². The SMILES string of the molecule is O=C(Nc1ccc(F)c(-c2cn3cc(C4=CCOCC4)cnc3n2)c1)N1CC(F)(F)C1. The van der Waals surface area contributed by atoms with Crippen molar-refractivity contribution < 1.29 is 22.7 Å². The van der Waals surface area contributed by atoms with Crippen LogP contribution in [0.4, 0.5) is 23.7 Å². The summed E-state index contributed by atoms with van der Waals surface area (Å²) < 4.78 is 47.5. The highest BCUT2D eigenvalue weighted by molar-refractivity contribution is 5.90. The standard InChI is InChI=1S/C21H18F3N5O2/c22-17-2-1-15(26-20(30)29-11-21(23,24)12-29)7-16(17)18-10-28-9-14(8-25-19(28)27-18)13-3-5-31-6-4-13/h1-3,7-10H,4-6,11-12H2,(H,26,30). The minimum absolute atomic E-state index is 0.170. The van der Waals surface area contributed by atoms with Gasteiger partial charge in [-0.15, -0.1) is 0 Å². The van der Waals surface area contributed by atoms with Gasteiger partial charge in [0.25, 0.3) is 5.92 Å². The number of benzene rings is 1. The third-order valence-electron chi connectivity index (χ3n) is 5.27. The molecule has 0 atom stereocenters. The molecule has 5 rings (SSSR count). The second kappa shape index (κ2) is 7.38. The van der Waals surface area contributed by atoms with Gasteiger partial charge in [0.2, 0.25) is 5.78 Å². The Kier molecular flexibility index (Phi) is 4.66. The predicted molar refractivity (Wildman–Crippen MR) is 107 cm³/mol. The molecular formula is C21H18F3N5O2. The Morgan fingerprint density at radius 2 is 2.06 bits per heavy atom. The number of amides is 2. The summed E-state index contributed by atoms with van der Waals surface area (Å²) >= 11 is 0. The molecule has 0 bridgehead atoms. The Morgan fingerprint density at radius 3 is 2.81 bits per heavy atom. The fourth-order valence-electron chi connectivity index (χ4n) is 3.63.